The van der Waals surface area contributed by atoms with E-state index in [0.29, 0.717) is 18.0 Å². The number of aromatic carboxylic acids is 1. The molecule has 1 N–H and O–H groups in total. The number of rotatable bonds is 6. The molecule has 2 rings (SSSR count). The molecule has 0 aromatic heterocycles. The van der Waals surface area contributed by atoms with Crippen molar-refractivity contribution in [3.8, 4) is 0 Å². The summed E-state index contributed by atoms with van der Waals surface area (Å²) in [7, 11) is -1.72. The van der Waals surface area contributed by atoms with Crippen molar-refractivity contribution >= 4 is 16.0 Å². The molecule has 1 aliphatic rings. The molecule has 6 heteroatoms. The number of benzene rings is 1. The maximum Gasteiger partial charge on any atom is 0.335 e. The Kier molecular flexibility index (Phi) is 3.91. The fourth-order valence-electron chi connectivity index (χ4n) is 1.84. The second kappa shape index (κ2) is 5.30. The molecule has 1 aromatic rings. The lowest BCUT2D eigenvalue weighted by atomic mass is 10.1. The SMILES string of the molecule is CN(CC1CC1)S(=O)(=O)Cc1ccc(C(=O)O)cc1. The highest BCUT2D eigenvalue weighted by Crippen LogP contribution is 2.30. The summed E-state index contributed by atoms with van der Waals surface area (Å²) in [6.45, 7) is 0.579. The summed E-state index contributed by atoms with van der Waals surface area (Å²) >= 11 is 0. The Morgan fingerprint density at radius 1 is 1.32 bits per heavy atom. The van der Waals surface area contributed by atoms with Gasteiger partial charge in [-0.3, -0.25) is 0 Å². The third-order valence-electron chi connectivity index (χ3n) is 3.24. The predicted octanol–water partition coefficient (Wildman–Crippen LogP) is 1.56. The normalized spacial score (nSPS) is 15.7. The number of hydrogen-bond donors (Lipinski definition) is 1. The minimum absolute atomic E-state index is 0.0872. The molecular weight excluding hydrogens is 266 g/mol. The lowest BCUT2D eigenvalue weighted by Gasteiger charge is -2.16. The van der Waals surface area contributed by atoms with Gasteiger partial charge in [-0.2, -0.15) is 0 Å². The first kappa shape index (κ1) is 14.0. The van der Waals surface area contributed by atoms with E-state index in [2.05, 4.69) is 0 Å². The average Bonchev–Trinajstić information content (AvgIpc) is 3.13. The number of nitrogens with zero attached hydrogens (tertiary/aromatic N) is 1. The van der Waals surface area contributed by atoms with Crippen molar-refractivity contribution < 1.29 is 18.3 Å². The van der Waals surface area contributed by atoms with Crippen molar-refractivity contribution in [2.24, 2.45) is 5.92 Å². The Balaban J connectivity index is 2.04. The first-order valence-electron chi connectivity index (χ1n) is 6.15. The van der Waals surface area contributed by atoms with Crippen LogP contribution in [0, 0.1) is 5.92 Å². The molecule has 5 nitrogen and oxygen atoms in total. The van der Waals surface area contributed by atoms with Gasteiger partial charge in [-0.15, -0.1) is 0 Å². The van der Waals surface area contributed by atoms with Gasteiger partial charge in [0.1, 0.15) is 0 Å². The Bertz CT molecular complexity index is 561. The van der Waals surface area contributed by atoms with Crippen molar-refractivity contribution in [2.75, 3.05) is 13.6 Å². The van der Waals surface area contributed by atoms with Crippen LogP contribution >= 0.6 is 0 Å². The highest BCUT2D eigenvalue weighted by atomic mass is 32.2. The first-order valence-corrected chi connectivity index (χ1v) is 7.75. The molecule has 0 amide bonds. The van der Waals surface area contributed by atoms with Crippen molar-refractivity contribution in [1.29, 1.82) is 0 Å². The van der Waals surface area contributed by atoms with Gasteiger partial charge >= 0.3 is 5.97 Å². The standard InChI is InChI=1S/C13H17NO4S/c1-14(8-10-2-3-10)19(17,18)9-11-4-6-12(7-5-11)13(15)16/h4-7,10H,2-3,8-9H2,1H3,(H,15,16). The number of carboxylic acid groups (broad SMARTS) is 1. The second-order valence-corrected chi connectivity index (χ2v) is 7.06. The van der Waals surface area contributed by atoms with Gasteiger partial charge < -0.3 is 5.11 Å². The zero-order valence-corrected chi connectivity index (χ0v) is 11.6. The van der Waals surface area contributed by atoms with Crippen LogP contribution < -0.4 is 0 Å². The van der Waals surface area contributed by atoms with Crippen LogP contribution in [-0.2, 0) is 15.8 Å². The topological polar surface area (TPSA) is 74.7 Å². The monoisotopic (exact) mass is 283 g/mol. The van der Waals surface area contributed by atoms with Crippen LogP contribution in [0.15, 0.2) is 24.3 Å². The molecule has 0 spiro atoms. The van der Waals surface area contributed by atoms with E-state index in [4.69, 9.17) is 5.11 Å². The van der Waals surface area contributed by atoms with Crippen LogP contribution in [-0.4, -0.2) is 37.4 Å². The minimum atomic E-state index is -3.32. The summed E-state index contributed by atoms with van der Waals surface area (Å²) in [5.41, 5.74) is 0.764. The molecule has 1 aliphatic carbocycles. The summed E-state index contributed by atoms with van der Waals surface area (Å²) in [5, 5.41) is 8.78. The summed E-state index contributed by atoms with van der Waals surface area (Å²) in [6, 6.07) is 5.94. The number of carboxylic acids is 1. The van der Waals surface area contributed by atoms with Gasteiger partial charge in [-0.1, -0.05) is 12.1 Å². The van der Waals surface area contributed by atoms with Gasteiger partial charge in [-0.25, -0.2) is 17.5 Å². The van der Waals surface area contributed by atoms with Gasteiger partial charge in [-0.05, 0) is 36.5 Å². The molecule has 0 radical (unpaired) electrons. The van der Waals surface area contributed by atoms with E-state index in [-0.39, 0.29) is 11.3 Å². The summed E-state index contributed by atoms with van der Waals surface area (Å²) in [4.78, 5) is 10.7. The summed E-state index contributed by atoms with van der Waals surface area (Å²) in [5.74, 6) is -0.592. The van der Waals surface area contributed by atoms with E-state index in [0.717, 1.165) is 12.8 Å². The molecule has 0 unspecified atom stereocenters. The lowest BCUT2D eigenvalue weighted by Crippen LogP contribution is -2.30. The lowest BCUT2D eigenvalue weighted by molar-refractivity contribution is 0.0697. The molecule has 19 heavy (non-hydrogen) atoms. The number of carbonyl (C=O) groups is 1. The Morgan fingerprint density at radius 3 is 2.37 bits per heavy atom. The van der Waals surface area contributed by atoms with E-state index >= 15 is 0 Å². The van der Waals surface area contributed by atoms with Crippen LogP contribution in [0.3, 0.4) is 0 Å². The highest BCUT2D eigenvalue weighted by Gasteiger charge is 2.28. The van der Waals surface area contributed by atoms with Gasteiger partial charge in [0.05, 0.1) is 11.3 Å². The third-order valence-corrected chi connectivity index (χ3v) is 5.03. The van der Waals surface area contributed by atoms with Gasteiger partial charge in [0, 0.05) is 13.6 Å². The first-order chi connectivity index (χ1) is 8.88. The number of hydrogen-bond acceptors (Lipinski definition) is 3. The van der Waals surface area contributed by atoms with Crippen molar-refractivity contribution in [3.05, 3.63) is 35.4 Å². The maximum atomic E-state index is 12.1. The summed E-state index contributed by atoms with van der Waals surface area (Å²) in [6.07, 6.45) is 2.21. The van der Waals surface area contributed by atoms with Gasteiger partial charge in [0.15, 0.2) is 0 Å². The molecule has 1 saturated carbocycles. The van der Waals surface area contributed by atoms with Crippen LogP contribution in [0.5, 0.6) is 0 Å². The maximum absolute atomic E-state index is 12.1. The minimum Gasteiger partial charge on any atom is -0.478 e. The predicted molar refractivity (Wildman–Crippen MR) is 71.4 cm³/mol. The van der Waals surface area contributed by atoms with Crippen LogP contribution in [0.4, 0.5) is 0 Å². The summed E-state index contributed by atoms with van der Waals surface area (Å²) < 4.78 is 25.6. The molecule has 0 saturated heterocycles. The molecule has 0 aliphatic heterocycles. The third kappa shape index (κ3) is 3.78. The zero-order chi connectivity index (χ0) is 14.0. The van der Waals surface area contributed by atoms with Crippen molar-refractivity contribution in [1.82, 2.24) is 4.31 Å². The van der Waals surface area contributed by atoms with Gasteiger partial charge in [0.25, 0.3) is 0 Å². The van der Waals surface area contributed by atoms with E-state index in [1.165, 1.54) is 16.4 Å². The number of sulfonamides is 1. The highest BCUT2D eigenvalue weighted by molar-refractivity contribution is 7.88. The molecular formula is C13H17NO4S. The molecule has 0 atom stereocenters. The smallest absolute Gasteiger partial charge is 0.335 e. The Morgan fingerprint density at radius 2 is 1.89 bits per heavy atom. The van der Waals surface area contributed by atoms with Gasteiger partial charge in [0.2, 0.25) is 10.0 Å². The molecule has 104 valence electrons. The second-order valence-electron chi connectivity index (χ2n) is 4.98. The van der Waals surface area contributed by atoms with Crippen LogP contribution in [0.2, 0.25) is 0 Å². The fraction of sp³-hybridized carbons (Fsp3) is 0.462. The van der Waals surface area contributed by atoms with Crippen LogP contribution in [0.1, 0.15) is 28.8 Å². The molecule has 1 aromatic carbocycles. The van der Waals surface area contributed by atoms with E-state index < -0.39 is 16.0 Å². The van der Waals surface area contributed by atoms with Crippen molar-refractivity contribution in [2.45, 2.75) is 18.6 Å². The largest absolute Gasteiger partial charge is 0.478 e. The zero-order valence-electron chi connectivity index (χ0n) is 10.7. The average molecular weight is 283 g/mol. The van der Waals surface area contributed by atoms with Crippen LogP contribution in [0.25, 0.3) is 0 Å². The fourth-order valence-corrected chi connectivity index (χ4v) is 3.11. The Hall–Kier alpha value is -1.40. The molecule has 0 heterocycles. The van der Waals surface area contributed by atoms with E-state index in [9.17, 15) is 13.2 Å². The quantitative estimate of drug-likeness (QED) is 0.859. The van der Waals surface area contributed by atoms with E-state index in [1.54, 1.807) is 19.2 Å². The Labute approximate surface area is 112 Å². The van der Waals surface area contributed by atoms with Crippen molar-refractivity contribution in [3.63, 3.8) is 0 Å². The molecule has 0 bridgehead atoms. The van der Waals surface area contributed by atoms with E-state index in [1.807, 2.05) is 0 Å². The molecule has 1 fully saturated rings.